The van der Waals surface area contributed by atoms with Gasteiger partial charge in [-0.25, -0.2) is 4.79 Å². The van der Waals surface area contributed by atoms with Crippen LogP contribution in [0.4, 0.5) is 0 Å². The summed E-state index contributed by atoms with van der Waals surface area (Å²) in [7, 11) is 0. The smallest absolute Gasteiger partial charge is 0.341 e. The van der Waals surface area contributed by atoms with Crippen LogP contribution >= 0.6 is 0 Å². The van der Waals surface area contributed by atoms with Crippen LogP contribution in [0, 0.1) is 0 Å². The average Bonchev–Trinajstić information content (AvgIpc) is 2.04. The fraction of sp³-hybridized carbons (Fsp3) is 0. The minimum Gasteiger partial charge on any atom is -0.366 e. The molecule has 0 saturated heterocycles. The number of quaternary nitrogens is 1. The monoisotopic (exact) mass is 165 g/mol. The molecule has 0 heterocycles. The zero-order chi connectivity index (χ0) is 9.14. The van der Waals surface area contributed by atoms with Crippen LogP contribution in [0.15, 0.2) is 24.3 Å². The van der Waals surface area contributed by atoms with Gasteiger partial charge in [-0.15, -0.1) is 0 Å². The predicted octanol–water partition coefficient (Wildman–Crippen LogP) is -0.832. The minimum absolute atomic E-state index is 0.321. The van der Waals surface area contributed by atoms with Gasteiger partial charge in [0.1, 0.15) is 0 Å². The van der Waals surface area contributed by atoms with Crippen LogP contribution in [0.25, 0.3) is 0 Å². The van der Waals surface area contributed by atoms with E-state index in [1.807, 2.05) is 0 Å². The molecule has 0 atom stereocenters. The molecule has 0 aliphatic carbocycles. The van der Waals surface area contributed by atoms with Crippen LogP contribution in [0.5, 0.6) is 0 Å². The van der Waals surface area contributed by atoms with Gasteiger partial charge in [-0.2, -0.15) is 0 Å². The van der Waals surface area contributed by atoms with E-state index in [2.05, 4.69) is 5.73 Å². The number of rotatable bonds is 2. The Hall–Kier alpha value is -1.68. The van der Waals surface area contributed by atoms with E-state index in [0.29, 0.717) is 11.1 Å². The quantitative estimate of drug-likeness (QED) is 0.599. The Morgan fingerprint density at radius 2 is 1.83 bits per heavy atom. The largest absolute Gasteiger partial charge is 0.366 e. The van der Waals surface area contributed by atoms with Gasteiger partial charge in [-0.1, -0.05) is 6.07 Å². The number of hydrogen-bond acceptors (Lipinski definition) is 2. The second kappa shape index (κ2) is 3.15. The van der Waals surface area contributed by atoms with Crippen molar-refractivity contribution in [2.45, 2.75) is 0 Å². The summed E-state index contributed by atoms with van der Waals surface area (Å²) in [6.45, 7) is 0. The molecule has 1 aromatic carbocycles. The maximum Gasteiger partial charge on any atom is 0.341 e. The summed E-state index contributed by atoms with van der Waals surface area (Å²) in [6.07, 6.45) is 0. The maximum atomic E-state index is 10.8. The van der Waals surface area contributed by atoms with Crippen molar-refractivity contribution in [1.29, 1.82) is 0 Å². The van der Waals surface area contributed by atoms with Crippen molar-refractivity contribution in [3.8, 4) is 0 Å². The average molecular weight is 165 g/mol. The Morgan fingerprint density at radius 3 is 2.33 bits per heavy atom. The molecular weight excluding hydrogens is 156 g/mol. The lowest BCUT2D eigenvalue weighted by atomic mass is 10.1. The molecule has 1 rings (SSSR count). The van der Waals surface area contributed by atoms with E-state index in [4.69, 9.17) is 5.73 Å². The number of carbonyl (C=O) groups is 2. The van der Waals surface area contributed by atoms with Gasteiger partial charge < -0.3 is 5.73 Å². The van der Waals surface area contributed by atoms with Gasteiger partial charge in [0.25, 0.3) is 0 Å². The number of benzene rings is 1. The summed E-state index contributed by atoms with van der Waals surface area (Å²) < 4.78 is 0. The molecule has 12 heavy (non-hydrogen) atoms. The molecule has 5 N–H and O–H groups in total. The normalized spacial score (nSPS) is 9.42. The Labute approximate surface area is 69.2 Å². The van der Waals surface area contributed by atoms with Crippen LogP contribution in [-0.4, -0.2) is 11.8 Å². The third kappa shape index (κ3) is 1.67. The van der Waals surface area contributed by atoms with E-state index < -0.39 is 5.91 Å². The van der Waals surface area contributed by atoms with Crippen LogP contribution in [0.2, 0.25) is 0 Å². The molecule has 0 aliphatic heterocycles. The minimum atomic E-state index is -0.543. The van der Waals surface area contributed by atoms with Crippen LogP contribution in [0.3, 0.4) is 0 Å². The number of hydrogen-bond donors (Lipinski definition) is 2. The van der Waals surface area contributed by atoms with E-state index in [-0.39, 0.29) is 5.91 Å². The summed E-state index contributed by atoms with van der Waals surface area (Å²) in [5.74, 6) is -0.865. The Kier molecular flexibility index (Phi) is 2.21. The van der Waals surface area contributed by atoms with Crippen LogP contribution < -0.4 is 11.5 Å². The lowest BCUT2D eigenvalue weighted by molar-refractivity contribution is -0.255. The third-order valence-electron chi connectivity index (χ3n) is 1.47. The number of primary amides is 1. The molecule has 1 aromatic rings. The summed E-state index contributed by atoms with van der Waals surface area (Å²) in [4.78, 5) is 21.4. The first kappa shape index (κ1) is 8.42. The van der Waals surface area contributed by atoms with Crippen LogP contribution in [0.1, 0.15) is 20.7 Å². The van der Waals surface area contributed by atoms with Gasteiger partial charge >= 0.3 is 5.91 Å². The van der Waals surface area contributed by atoms with Crippen LogP contribution in [-0.2, 0) is 0 Å². The van der Waals surface area contributed by atoms with E-state index in [1.165, 1.54) is 6.07 Å². The Morgan fingerprint density at radius 1 is 1.25 bits per heavy atom. The third-order valence-corrected chi connectivity index (χ3v) is 1.47. The molecule has 0 saturated carbocycles. The zero-order valence-corrected chi connectivity index (χ0v) is 6.41. The lowest BCUT2D eigenvalue weighted by Gasteiger charge is -1.95. The number of carbonyl (C=O) groups excluding carboxylic acids is 2. The fourth-order valence-corrected chi connectivity index (χ4v) is 0.846. The topological polar surface area (TPSA) is 87.8 Å². The highest BCUT2D eigenvalue weighted by Crippen LogP contribution is 2.02. The zero-order valence-electron chi connectivity index (χ0n) is 6.41. The van der Waals surface area contributed by atoms with Gasteiger partial charge in [-0.3, -0.25) is 10.5 Å². The molecule has 0 radical (unpaired) electrons. The van der Waals surface area contributed by atoms with E-state index in [1.54, 1.807) is 18.2 Å². The Bertz CT molecular complexity index is 304. The van der Waals surface area contributed by atoms with Gasteiger partial charge in [0.2, 0.25) is 5.91 Å². The first-order valence-corrected chi connectivity index (χ1v) is 3.37. The molecule has 62 valence electrons. The Balaban J connectivity index is 3.12. The second-order valence-electron chi connectivity index (χ2n) is 2.37. The van der Waals surface area contributed by atoms with Crippen molar-refractivity contribution < 1.29 is 15.3 Å². The van der Waals surface area contributed by atoms with Gasteiger partial charge in [0.15, 0.2) is 0 Å². The molecule has 0 bridgehead atoms. The maximum absolute atomic E-state index is 10.8. The summed E-state index contributed by atoms with van der Waals surface area (Å²) >= 11 is 0. The van der Waals surface area contributed by atoms with E-state index >= 15 is 0 Å². The van der Waals surface area contributed by atoms with Crippen molar-refractivity contribution in [1.82, 2.24) is 0 Å². The van der Waals surface area contributed by atoms with E-state index in [0.717, 1.165) is 0 Å². The SMILES string of the molecule is NC(=O)c1cccc(C([NH3+])=O)c1. The number of amides is 2. The molecule has 0 unspecified atom stereocenters. The summed E-state index contributed by atoms with van der Waals surface area (Å²) in [6, 6.07) is 6.16. The van der Waals surface area contributed by atoms with Crippen molar-refractivity contribution in [3.05, 3.63) is 35.4 Å². The predicted molar refractivity (Wildman–Crippen MR) is 42.2 cm³/mol. The highest BCUT2D eigenvalue weighted by Gasteiger charge is 2.06. The van der Waals surface area contributed by atoms with Gasteiger partial charge in [0, 0.05) is 5.56 Å². The van der Waals surface area contributed by atoms with Crippen molar-refractivity contribution in [2.75, 3.05) is 0 Å². The summed E-state index contributed by atoms with van der Waals surface area (Å²) in [5, 5.41) is 0. The molecule has 2 amide bonds. The molecular formula is C8H9N2O2+. The first-order valence-electron chi connectivity index (χ1n) is 3.37. The summed E-state index contributed by atoms with van der Waals surface area (Å²) in [5.41, 5.74) is 8.95. The molecule has 4 nitrogen and oxygen atoms in total. The molecule has 0 fully saturated rings. The molecule has 0 aliphatic rings. The van der Waals surface area contributed by atoms with Gasteiger partial charge in [-0.05, 0) is 18.2 Å². The fourth-order valence-electron chi connectivity index (χ4n) is 0.846. The first-order chi connectivity index (χ1) is 5.61. The molecule has 4 heteroatoms. The van der Waals surface area contributed by atoms with Crippen molar-refractivity contribution >= 4 is 11.8 Å². The van der Waals surface area contributed by atoms with Gasteiger partial charge in [0.05, 0.1) is 5.56 Å². The lowest BCUT2D eigenvalue weighted by Crippen LogP contribution is -2.56. The van der Waals surface area contributed by atoms with Crippen molar-refractivity contribution in [3.63, 3.8) is 0 Å². The standard InChI is InChI=1S/C8H8N2O2/c9-7(11)5-2-1-3-6(4-5)8(10)12/h1-4H,(H2,9,11)(H2,10,12)/p+1. The van der Waals surface area contributed by atoms with Crippen molar-refractivity contribution in [2.24, 2.45) is 5.73 Å². The molecule has 0 aromatic heterocycles. The highest BCUT2D eigenvalue weighted by atomic mass is 16.1. The van der Waals surface area contributed by atoms with E-state index in [9.17, 15) is 9.59 Å². The highest BCUT2D eigenvalue weighted by molar-refractivity contribution is 5.95. The number of nitrogens with two attached hydrogens (primary N) is 1. The molecule has 0 spiro atoms. The second-order valence-corrected chi connectivity index (χ2v) is 2.37.